The van der Waals surface area contributed by atoms with Gasteiger partial charge >= 0.3 is 0 Å². The van der Waals surface area contributed by atoms with Crippen LogP contribution in [0.1, 0.15) is 67.3 Å². The van der Waals surface area contributed by atoms with Crippen LogP contribution in [0, 0.1) is 0 Å². The van der Waals surface area contributed by atoms with Crippen molar-refractivity contribution in [1.82, 2.24) is 0 Å². The van der Waals surface area contributed by atoms with Gasteiger partial charge in [-0.2, -0.15) is 5.10 Å². The molecule has 6 aromatic rings. The van der Waals surface area contributed by atoms with E-state index in [1.807, 2.05) is 47.6 Å². The number of rotatable bonds is 15. The van der Waals surface area contributed by atoms with Gasteiger partial charge in [-0.05, 0) is 114 Å². The van der Waals surface area contributed by atoms with Crippen molar-refractivity contribution in [2.45, 2.75) is 52.4 Å². The summed E-state index contributed by atoms with van der Waals surface area (Å²) in [6.45, 7) is 4.51. The quantitative estimate of drug-likeness (QED) is 0.0624. The largest absolute Gasteiger partial charge is 0.310 e. The number of benzene rings is 6. The highest BCUT2D eigenvalue weighted by Gasteiger charge is 2.14. The molecule has 0 fully saturated rings. The molecule has 0 heterocycles. The Morgan fingerprint density at radius 3 is 1.36 bits per heavy atom. The summed E-state index contributed by atoms with van der Waals surface area (Å²) in [5.41, 5.74) is 11.7. The lowest BCUT2D eigenvalue weighted by atomic mass is 10.0. The van der Waals surface area contributed by atoms with Gasteiger partial charge in [0.05, 0.1) is 17.6 Å². The molecule has 0 aliphatic rings. The second-order valence-electron chi connectivity index (χ2n) is 12.7. The molecular weight excluding hydrogens is 607 g/mol. The summed E-state index contributed by atoms with van der Waals surface area (Å²) in [5, 5.41) is 6.81. The molecule has 250 valence electrons. The van der Waals surface area contributed by atoms with Crippen LogP contribution in [-0.2, 0) is 12.8 Å². The number of para-hydroxylation sites is 2. The zero-order valence-corrected chi connectivity index (χ0v) is 29.3. The van der Waals surface area contributed by atoms with E-state index in [0.717, 1.165) is 46.6 Å². The number of unbranched alkanes of at least 4 members (excludes halogenated alkanes) is 2. The molecule has 0 N–H and O–H groups in total. The Morgan fingerprint density at radius 2 is 0.880 bits per heavy atom. The molecule has 0 radical (unpaired) electrons. The van der Waals surface area contributed by atoms with Crippen molar-refractivity contribution in [3.63, 3.8) is 0 Å². The van der Waals surface area contributed by atoms with E-state index >= 15 is 0 Å². The first-order valence-corrected chi connectivity index (χ1v) is 18.0. The van der Waals surface area contributed by atoms with Gasteiger partial charge in [0, 0.05) is 17.1 Å². The second-order valence-corrected chi connectivity index (χ2v) is 12.7. The van der Waals surface area contributed by atoms with Gasteiger partial charge in [-0.15, -0.1) is 0 Å². The molecule has 6 rings (SSSR count). The van der Waals surface area contributed by atoms with Crippen molar-refractivity contribution < 1.29 is 0 Å². The number of hydrazone groups is 1. The second kappa shape index (κ2) is 17.6. The van der Waals surface area contributed by atoms with Crippen molar-refractivity contribution in [2.24, 2.45) is 5.10 Å². The molecule has 0 atom stereocenters. The van der Waals surface area contributed by atoms with E-state index in [1.165, 1.54) is 48.2 Å². The first kappa shape index (κ1) is 34.2. The minimum absolute atomic E-state index is 1.02. The van der Waals surface area contributed by atoms with Gasteiger partial charge in [-0.1, -0.05) is 136 Å². The van der Waals surface area contributed by atoms with Gasteiger partial charge < -0.3 is 4.90 Å². The van der Waals surface area contributed by atoms with Crippen LogP contribution in [0.5, 0.6) is 0 Å². The molecule has 3 nitrogen and oxygen atoms in total. The third-order valence-electron chi connectivity index (χ3n) is 8.86. The normalized spacial score (nSPS) is 11.3. The predicted octanol–water partition coefficient (Wildman–Crippen LogP) is 13.2. The van der Waals surface area contributed by atoms with E-state index in [0.29, 0.717) is 0 Å². The summed E-state index contributed by atoms with van der Waals surface area (Å²) in [6.07, 6.45) is 13.3. The predicted molar refractivity (Wildman–Crippen MR) is 216 cm³/mol. The highest BCUT2D eigenvalue weighted by Crippen LogP contribution is 2.36. The van der Waals surface area contributed by atoms with Gasteiger partial charge in [-0.25, -0.2) is 5.01 Å². The lowest BCUT2D eigenvalue weighted by Crippen LogP contribution is -2.10. The fourth-order valence-electron chi connectivity index (χ4n) is 6.08. The number of anilines is 5. The third kappa shape index (κ3) is 9.27. The van der Waals surface area contributed by atoms with Crippen LogP contribution in [0.2, 0.25) is 0 Å². The summed E-state index contributed by atoms with van der Waals surface area (Å²) >= 11 is 0. The number of nitrogens with zero attached hydrogens (tertiary/aromatic N) is 3. The Balaban J connectivity index is 1.19. The minimum Gasteiger partial charge on any atom is -0.310 e. The van der Waals surface area contributed by atoms with Crippen LogP contribution in [0.25, 0.3) is 12.2 Å². The number of hydrogen-bond donors (Lipinski definition) is 0. The summed E-state index contributed by atoms with van der Waals surface area (Å²) < 4.78 is 0. The highest BCUT2D eigenvalue weighted by atomic mass is 15.5. The monoisotopic (exact) mass is 653 g/mol. The molecule has 0 saturated carbocycles. The van der Waals surface area contributed by atoms with Crippen LogP contribution in [0.3, 0.4) is 0 Å². The van der Waals surface area contributed by atoms with E-state index in [1.54, 1.807) is 0 Å². The number of aryl methyl sites for hydroxylation is 2. The van der Waals surface area contributed by atoms with Crippen molar-refractivity contribution in [3.05, 3.63) is 186 Å². The Labute approximate surface area is 298 Å². The molecule has 50 heavy (non-hydrogen) atoms. The fraction of sp³-hybridized carbons (Fsp3) is 0.170. The summed E-state index contributed by atoms with van der Waals surface area (Å²) in [5.74, 6) is 0. The maximum absolute atomic E-state index is 4.85. The van der Waals surface area contributed by atoms with Crippen molar-refractivity contribution in [1.29, 1.82) is 0 Å². The highest BCUT2D eigenvalue weighted by molar-refractivity contribution is 5.83. The van der Waals surface area contributed by atoms with Crippen LogP contribution in [-0.4, -0.2) is 6.21 Å². The van der Waals surface area contributed by atoms with Crippen molar-refractivity contribution in [2.75, 3.05) is 9.91 Å². The Bertz CT molecular complexity index is 1870. The van der Waals surface area contributed by atoms with E-state index in [2.05, 4.69) is 152 Å². The fourth-order valence-corrected chi connectivity index (χ4v) is 6.08. The maximum atomic E-state index is 4.85. The van der Waals surface area contributed by atoms with E-state index in [9.17, 15) is 0 Å². The molecular formula is C47H47N3. The topological polar surface area (TPSA) is 18.8 Å². The summed E-state index contributed by atoms with van der Waals surface area (Å²) in [6, 6.07) is 56.0. The average molecular weight is 654 g/mol. The lowest BCUT2D eigenvalue weighted by Gasteiger charge is -2.26. The Kier molecular flexibility index (Phi) is 12.1. The molecule has 3 heteroatoms. The van der Waals surface area contributed by atoms with Gasteiger partial charge in [0.1, 0.15) is 0 Å². The molecule has 0 aliphatic carbocycles. The van der Waals surface area contributed by atoms with Gasteiger partial charge in [0.2, 0.25) is 0 Å². The van der Waals surface area contributed by atoms with Crippen LogP contribution >= 0.6 is 0 Å². The van der Waals surface area contributed by atoms with Gasteiger partial charge in [-0.3, -0.25) is 0 Å². The van der Waals surface area contributed by atoms with Crippen LogP contribution < -0.4 is 9.91 Å². The maximum Gasteiger partial charge on any atom is 0.0652 e. The first-order valence-electron chi connectivity index (χ1n) is 18.0. The SMILES string of the molecule is CCCCc1cccc(N(c2ccc(C=Cc3ccc(C=NN(c4ccccc4)c4ccccc4)cc3)cc2)c2cccc(CCCC)c2)c1. The molecule has 0 saturated heterocycles. The molecule has 6 aromatic carbocycles. The molecule has 0 aliphatic heterocycles. The zero-order chi connectivity index (χ0) is 34.4. The Hall–Kier alpha value is -5.67. The zero-order valence-electron chi connectivity index (χ0n) is 29.3. The molecule has 0 spiro atoms. The Morgan fingerprint density at radius 1 is 0.440 bits per heavy atom. The average Bonchev–Trinajstić information content (AvgIpc) is 3.18. The van der Waals surface area contributed by atoms with E-state index < -0.39 is 0 Å². The van der Waals surface area contributed by atoms with Crippen LogP contribution in [0.4, 0.5) is 28.4 Å². The molecule has 0 unspecified atom stereocenters. The molecule has 0 aromatic heterocycles. The third-order valence-corrected chi connectivity index (χ3v) is 8.86. The van der Waals surface area contributed by atoms with Gasteiger partial charge in [0.15, 0.2) is 0 Å². The lowest BCUT2D eigenvalue weighted by molar-refractivity contribution is 0.794. The summed E-state index contributed by atoms with van der Waals surface area (Å²) in [4.78, 5) is 2.40. The standard InChI is InChI=1S/C47H47N3/c1-3-5-15-40-17-13-23-46(35-40)49(47-24-14-18-41(36-47)16-6-4-2)43-33-31-39(32-34-43)26-25-38-27-29-42(30-28-38)37-48-50(44-19-9-7-10-20-44)45-21-11-8-12-22-45/h7-14,17-37H,3-6,15-16H2,1-2H3. The van der Waals surface area contributed by atoms with Crippen LogP contribution in [0.15, 0.2) is 163 Å². The molecule has 0 bridgehead atoms. The smallest absolute Gasteiger partial charge is 0.0652 e. The summed E-state index contributed by atoms with van der Waals surface area (Å²) in [7, 11) is 0. The van der Waals surface area contributed by atoms with E-state index in [4.69, 9.17) is 5.10 Å². The van der Waals surface area contributed by atoms with Crippen molar-refractivity contribution in [3.8, 4) is 0 Å². The van der Waals surface area contributed by atoms with Crippen molar-refractivity contribution >= 4 is 46.8 Å². The minimum atomic E-state index is 1.02. The first-order chi connectivity index (χ1) is 24.7. The van der Waals surface area contributed by atoms with Gasteiger partial charge in [0.25, 0.3) is 0 Å². The van der Waals surface area contributed by atoms with E-state index in [-0.39, 0.29) is 0 Å². The number of hydrogen-bond acceptors (Lipinski definition) is 3. The molecule has 0 amide bonds.